The Morgan fingerprint density at radius 3 is 1.97 bits per heavy atom. The van der Waals surface area contributed by atoms with Crippen LogP contribution in [0.3, 0.4) is 0 Å². The second-order valence-electron chi connectivity index (χ2n) is 8.33. The quantitative estimate of drug-likeness (QED) is 0.587. The van der Waals surface area contributed by atoms with E-state index in [1.807, 2.05) is 93.6 Å². The molecule has 0 unspecified atom stereocenters. The lowest BCUT2D eigenvalue weighted by atomic mass is 9.90. The molecule has 156 valence electrons. The van der Waals surface area contributed by atoms with Crippen LogP contribution >= 0.6 is 0 Å². The summed E-state index contributed by atoms with van der Waals surface area (Å²) >= 11 is 0. The molecule has 31 heavy (non-hydrogen) atoms. The molecule has 0 bridgehead atoms. The fourth-order valence-corrected chi connectivity index (χ4v) is 4.95. The molecule has 5 heteroatoms. The van der Waals surface area contributed by atoms with Crippen LogP contribution < -0.4 is 9.96 Å². The van der Waals surface area contributed by atoms with Crippen LogP contribution in [0.25, 0.3) is 0 Å². The van der Waals surface area contributed by atoms with E-state index < -0.39 is 12.0 Å². The third-order valence-corrected chi connectivity index (χ3v) is 6.13. The SMILES string of the molecule is Cc1cc(C)c(N2C(=O)[C@H]3[C@H](ON(c4ccccc4)[C@@H]3c3ccccc3)C2=O)c(C)c1. The molecule has 0 aliphatic carbocycles. The van der Waals surface area contributed by atoms with Crippen molar-refractivity contribution < 1.29 is 14.4 Å². The van der Waals surface area contributed by atoms with Crippen LogP contribution in [0.2, 0.25) is 0 Å². The average Bonchev–Trinajstić information content (AvgIpc) is 3.26. The van der Waals surface area contributed by atoms with Crippen molar-refractivity contribution in [1.82, 2.24) is 0 Å². The van der Waals surface area contributed by atoms with E-state index in [4.69, 9.17) is 4.84 Å². The van der Waals surface area contributed by atoms with Gasteiger partial charge in [0.2, 0.25) is 5.91 Å². The van der Waals surface area contributed by atoms with E-state index >= 15 is 0 Å². The van der Waals surface area contributed by atoms with Gasteiger partial charge in [-0.2, -0.15) is 0 Å². The number of aryl methyl sites for hydroxylation is 3. The molecule has 2 aliphatic heterocycles. The number of carbonyl (C=O) groups is 2. The third kappa shape index (κ3) is 3.04. The van der Waals surface area contributed by atoms with Crippen LogP contribution in [-0.2, 0) is 14.4 Å². The molecular weight excluding hydrogens is 388 g/mol. The summed E-state index contributed by atoms with van der Waals surface area (Å²) < 4.78 is 0. The van der Waals surface area contributed by atoms with Crippen molar-refractivity contribution in [3.63, 3.8) is 0 Å². The minimum absolute atomic E-state index is 0.211. The van der Waals surface area contributed by atoms with Crippen molar-refractivity contribution in [2.24, 2.45) is 5.92 Å². The van der Waals surface area contributed by atoms with Gasteiger partial charge < -0.3 is 0 Å². The van der Waals surface area contributed by atoms with E-state index in [0.717, 1.165) is 27.9 Å². The summed E-state index contributed by atoms with van der Waals surface area (Å²) in [5.74, 6) is -1.13. The number of amides is 2. The molecule has 5 rings (SSSR count). The van der Waals surface area contributed by atoms with Gasteiger partial charge in [0.1, 0.15) is 5.92 Å². The maximum atomic E-state index is 13.7. The summed E-state index contributed by atoms with van der Waals surface area (Å²) in [6.07, 6.45) is -0.849. The van der Waals surface area contributed by atoms with Crippen LogP contribution in [0.5, 0.6) is 0 Å². The molecule has 0 radical (unpaired) electrons. The van der Waals surface area contributed by atoms with E-state index in [9.17, 15) is 9.59 Å². The van der Waals surface area contributed by atoms with Crippen LogP contribution in [-0.4, -0.2) is 17.9 Å². The van der Waals surface area contributed by atoms with Gasteiger partial charge in [0, 0.05) is 0 Å². The highest BCUT2D eigenvalue weighted by atomic mass is 16.7. The Labute approximate surface area is 181 Å². The Hall–Kier alpha value is -3.44. The smallest absolute Gasteiger partial charge is 0.266 e. The molecule has 3 atom stereocenters. The first-order valence-corrected chi connectivity index (χ1v) is 10.5. The largest absolute Gasteiger partial charge is 0.273 e. The fraction of sp³-hybridized carbons (Fsp3) is 0.231. The molecule has 0 aromatic heterocycles. The minimum atomic E-state index is -0.849. The van der Waals surface area contributed by atoms with Crippen LogP contribution in [0.15, 0.2) is 72.8 Å². The van der Waals surface area contributed by atoms with E-state index in [-0.39, 0.29) is 17.9 Å². The lowest BCUT2D eigenvalue weighted by Gasteiger charge is -2.29. The van der Waals surface area contributed by atoms with Crippen molar-refractivity contribution in [2.75, 3.05) is 9.96 Å². The number of anilines is 2. The molecule has 0 saturated carbocycles. The molecule has 0 N–H and O–H groups in total. The number of para-hydroxylation sites is 1. The van der Waals surface area contributed by atoms with Crippen molar-refractivity contribution in [1.29, 1.82) is 0 Å². The van der Waals surface area contributed by atoms with Gasteiger partial charge in [-0.3, -0.25) is 14.4 Å². The van der Waals surface area contributed by atoms with E-state index in [1.54, 1.807) is 5.06 Å². The number of nitrogens with zero attached hydrogens (tertiary/aromatic N) is 2. The predicted molar refractivity (Wildman–Crippen MR) is 120 cm³/mol. The summed E-state index contributed by atoms with van der Waals surface area (Å²) in [6.45, 7) is 5.89. The van der Waals surface area contributed by atoms with Gasteiger partial charge in [0.25, 0.3) is 5.91 Å². The lowest BCUT2D eigenvalue weighted by molar-refractivity contribution is -0.126. The topological polar surface area (TPSA) is 49.9 Å². The maximum absolute atomic E-state index is 13.7. The zero-order valence-electron chi connectivity index (χ0n) is 17.8. The van der Waals surface area contributed by atoms with Gasteiger partial charge in [-0.1, -0.05) is 66.2 Å². The Morgan fingerprint density at radius 2 is 1.35 bits per heavy atom. The van der Waals surface area contributed by atoms with Crippen molar-refractivity contribution in [3.8, 4) is 0 Å². The number of fused-ring (bicyclic) bond motifs is 1. The highest BCUT2D eigenvalue weighted by Crippen LogP contribution is 2.48. The zero-order chi connectivity index (χ0) is 21.7. The van der Waals surface area contributed by atoms with Crippen LogP contribution in [0.1, 0.15) is 28.3 Å². The molecule has 5 nitrogen and oxygen atoms in total. The highest BCUT2D eigenvalue weighted by Gasteiger charge is 2.60. The number of hydrogen-bond acceptors (Lipinski definition) is 4. The molecule has 3 aromatic carbocycles. The Balaban J connectivity index is 1.61. The summed E-state index contributed by atoms with van der Waals surface area (Å²) in [5, 5.41) is 1.73. The van der Waals surface area contributed by atoms with E-state index in [2.05, 4.69) is 0 Å². The summed E-state index contributed by atoms with van der Waals surface area (Å²) in [7, 11) is 0. The summed E-state index contributed by atoms with van der Waals surface area (Å²) in [4.78, 5) is 34.8. The lowest BCUT2D eigenvalue weighted by Crippen LogP contribution is -2.38. The Morgan fingerprint density at radius 1 is 0.774 bits per heavy atom. The number of imide groups is 1. The first-order chi connectivity index (χ1) is 15.0. The molecule has 2 saturated heterocycles. The standard InChI is InChI=1S/C26H24N2O3/c1-16-14-17(2)22(18(3)15-16)27-25(29)21-23(19-10-6-4-7-11-19)28(31-24(21)26(27)30)20-12-8-5-9-13-20/h4-15,21,23-24H,1-3H3/t21-,23-,24+/m1/s1. The second-order valence-corrected chi connectivity index (χ2v) is 8.33. The average molecular weight is 412 g/mol. The van der Waals surface area contributed by atoms with Gasteiger partial charge in [-0.05, 0) is 49.6 Å². The normalized spacial score (nSPS) is 22.9. The first kappa shape index (κ1) is 19.5. The van der Waals surface area contributed by atoms with Gasteiger partial charge in [0.05, 0.1) is 17.4 Å². The van der Waals surface area contributed by atoms with Gasteiger partial charge in [-0.25, -0.2) is 9.96 Å². The van der Waals surface area contributed by atoms with E-state index in [1.165, 1.54) is 4.90 Å². The molecule has 0 spiro atoms. The molecule has 3 aromatic rings. The molecule has 2 heterocycles. The highest BCUT2D eigenvalue weighted by molar-refractivity contribution is 6.24. The first-order valence-electron chi connectivity index (χ1n) is 10.5. The monoisotopic (exact) mass is 412 g/mol. The van der Waals surface area contributed by atoms with Gasteiger partial charge in [-0.15, -0.1) is 0 Å². The molecule has 2 amide bonds. The summed E-state index contributed by atoms with van der Waals surface area (Å²) in [6, 6.07) is 23.0. The number of carbonyl (C=O) groups excluding carboxylic acids is 2. The molecule has 2 aliphatic rings. The van der Waals surface area contributed by atoms with Crippen LogP contribution in [0.4, 0.5) is 11.4 Å². The Bertz CT molecular complexity index is 1140. The minimum Gasteiger partial charge on any atom is -0.273 e. The number of hydrogen-bond donors (Lipinski definition) is 0. The maximum Gasteiger partial charge on any atom is 0.266 e. The predicted octanol–water partition coefficient (Wildman–Crippen LogP) is 4.66. The Kier molecular flexibility index (Phi) is 4.63. The zero-order valence-corrected chi connectivity index (χ0v) is 17.8. The van der Waals surface area contributed by atoms with Gasteiger partial charge >= 0.3 is 0 Å². The molecule has 2 fully saturated rings. The van der Waals surface area contributed by atoms with E-state index in [0.29, 0.717) is 5.69 Å². The molecular formula is C26H24N2O3. The van der Waals surface area contributed by atoms with Crippen LogP contribution in [0, 0.1) is 26.7 Å². The second kappa shape index (κ2) is 7.36. The van der Waals surface area contributed by atoms with Gasteiger partial charge in [0.15, 0.2) is 6.10 Å². The number of rotatable bonds is 3. The number of hydroxylamine groups is 1. The van der Waals surface area contributed by atoms with Crippen molar-refractivity contribution in [2.45, 2.75) is 32.9 Å². The fourth-order valence-electron chi connectivity index (χ4n) is 4.95. The number of benzene rings is 3. The third-order valence-electron chi connectivity index (χ3n) is 6.13. The summed E-state index contributed by atoms with van der Waals surface area (Å²) in [5.41, 5.74) is 5.37. The van der Waals surface area contributed by atoms with Crippen molar-refractivity contribution >= 4 is 23.2 Å². The van der Waals surface area contributed by atoms with Crippen molar-refractivity contribution in [3.05, 3.63) is 95.1 Å².